The molecular formula is C15H23IN6O. The summed E-state index contributed by atoms with van der Waals surface area (Å²) in [4.78, 5) is 4.60. The summed E-state index contributed by atoms with van der Waals surface area (Å²) in [5.41, 5.74) is 1.04. The van der Waals surface area contributed by atoms with Gasteiger partial charge in [-0.2, -0.15) is 0 Å². The van der Waals surface area contributed by atoms with Crippen molar-refractivity contribution in [1.29, 1.82) is 0 Å². The number of hydrogen-bond donors (Lipinski definition) is 2. The molecular weight excluding hydrogens is 407 g/mol. The first-order valence-electron chi connectivity index (χ1n) is 7.59. The monoisotopic (exact) mass is 430 g/mol. The number of pyridine rings is 1. The summed E-state index contributed by atoms with van der Waals surface area (Å²) in [6.45, 7) is 8.01. The van der Waals surface area contributed by atoms with E-state index < -0.39 is 0 Å². The van der Waals surface area contributed by atoms with Crippen LogP contribution in [0.5, 0.6) is 0 Å². The number of aliphatic imine (C=N–C) groups is 1. The second-order valence-electron chi connectivity index (χ2n) is 5.90. The van der Waals surface area contributed by atoms with E-state index >= 15 is 0 Å². The summed E-state index contributed by atoms with van der Waals surface area (Å²) in [5, 5.41) is 15.0. The first-order valence-corrected chi connectivity index (χ1v) is 7.59. The Morgan fingerprint density at radius 1 is 1.35 bits per heavy atom. The molecule has 0 aliphatic carbocycles. The zero-order chi connectivity index (χ0) is 15.4. The van der Waals surface area contributed by atoms with Crippen LogP contribution in [-0.2, 0) is 11.3 Å². The van der Waals surface area contributed by atoms with Gasteiger partial charge in [0.2, 0.25) is 0 Å². The van der Waals surface area contributed by atoms with Crippen LogP contribution in [0.25, 0.3) is 5.65 Å². The van der Waals surface area contributed by atoms with E-state index in [2.05, 4.69) is 39.7 Å². The molecule has 0 atom stereocenters. The van der Waals surface area contributed by atoms with Crippen molar-refractivity contribution in [3.05, 3.63) is 30.2 Å². The van der Waals surface area contributed by atoms with Gasteiger partial charge < -0.3 is 15.4 Å². The summed E-state index contributed by atoms with van der Waals surface area (Å²) in [5.74, 6) is 1.62. The minimum absolute atomic E-state index is 0. The van der Waals surface area contributed by atoms with Gasteiger partial charge in [-0.1, -0.05) is 13.0 Å². The third-order valence-electron chi connectivity index (χ3n) is 3.69. The molecule has 126 valence electrons. The highest BCUT2D eigenvalue weighted by Crippen LogP contribution is 2.24. The summed E-state index contributed by atoms with van der Waals surface area (Å²) < 4.78 is 7.23. The second-order valence-corrected chi connectivity index (χ2v) is 5.90. The minimum atomic E-state index is 0. The molecule has 0 spiro atoms. The van der Waals surface area contributed by atoms with Gasteiger partial charge in [-0.15, -0.1) is 34.2 Å². The molecule has 0 amide bonds. The van der Waals surface area contributed by atoms with E-state index in [-0.39, 0.29) is 29.4 Å². The molecule has 0 aromatic carbocycles. The molecule has 0 radical (unpaired) electrons. The van der Waals surface area contributed by atoms with E-state index in [1.54, 1.807) is 0 Å². The molecule has 2 aromatic heterocycles. The Hall–Kier alpha value is -1.42. The Balaban J connectivity index is 0.00000192. The summed E-state index contributed by atoms with van der Waals surface area (Å²) in [6.07, 6.45) is 1.95. The predicted molar refractivity (Wildman–Crippen MR) is 100 cm³/mol. The van der Waals surface area contributed by atoms with Crippen molar-refractivity contribution in [1.82, 2.24) is 25.2 Å². The Labute approximate surface area is 152 Å². The zero-order valence-corrected chi connectivity index (χ0v) is 15.8. The second kappa shape index (κ2) is 7.91. The quantitative estimate of drug-likeness (QED) is 0.427. The number of halogens is 1. The lowest BCUT2D eigenvalue weighted by Crippen LogP contribution is -2.51. The van der Waals surface area contributed by atoms with Gasteiger partial charge in [-0.05, 0) is 19.1 Å². The van der Waals surface area contributed by atoms with Crippen molar-refractivity contribution in [3.8, 4) is 0 Å². The largest absolute Gasteiger partial charge is 0.380 e. The van der Waals surface area contributed by atoms with Crippen molar-refractivity contribution in [3.63, 3.8) is 0 Å². The molecule has 2 N–H and O–H groups in total. The number of ether oxygens (including phenoxy) is 1. The lowest BCUT2D eigenvalue weighted by atomic mass is 9.89. The number of hydrogen-bond acceptors (Lipinski definition) is 4. The van der Waals surface area contributed by atoms with Gasteiger partial charge >= 0.3 is 0 Å². The van der Waals surface area contributed by atoms with Crippen LogP contribution in [0, 0.1) is 5.41 Å². The number of fused-ring (bicyclic) bond motifs is 1. The summed E-state index contributed by atoms with van der Waals surface area (Å²) >= 11 is 0. The van der Waals surface area contributed by atoms with Crippen LogP contribution in [0.15, 0.2) is 29.4 Å². The molecule has 1 aliphatic rings. The molecule has 2 aromatic rings. The van der Waals surface area contributed by atoms with Crippen molar-refractivity contribution in [2.75, 3.05) is 26.3 Å². The van der Waals surface area contributed by atoms with Crippen LogP contribution in [-0.4, -0.2) is 46.9 Å². The Bertz CT molecular complexity index is 667. The van der Waals surface area contributed by atoms with Crippen LogP contribution in [0.3, 0.4) is 0 Å². The van der Waals surface area contributed by atoms with Crippen LogP contribution in [0.1, 0.15) is 19.7 Å². The normalized spacial score (nSPS) is 16.5. The summed E-state index contributed by atoms with van der Waals surface area (Å²) in [6, 6.07) is 5.84. The number of guanidine groups is 1. The van der Waals surface area contributed by atoms with E-state index in [1.807, 2.05) is 28.8 Å². The Kier molecular flexibility index (Phi) is 6.17. The van der Waals surface area contributed by atoms with Crippen molar-refractivity contribution < 1.29 is 4.74 Å². The Morgan fingerprint density at radius 2 is 2.17 bits per heavy atom. The average Bonchev–Trinajstić information content (AvgIpc) is 2.91. The average molecular weight is 430 g/mol. The molecule has 3 heterocycles. The van der Waals surface area contributed by atoms with Gasteiger partial charge in [-0.3, -0.25) is 4.40 Å². The third kappa shape index (κ3) is 4.31. The maximum Gasteiger partial charge on any atom is 0.191 e. The third-order valence-corrected chi connectivity index (χ3v) is 3.69. The van der Waals surface area contributed by atoms with E-state index in [1.165, 1.54) is 0 Å². The molecule has 23 heavy (non-hydrogen) atoms. The van der Waals surface area contributed by atoms with E-state index in [9.17, 15) is 0 Å². The highest BCUT2D eigenvalue weighted by atomic mass is 127. The molecule has 0 saturated carbocycles. The highest BCUT2D eigenvalue weighted by molar-refractivity contribution is 14.0. The standard InChI is InChI=1S/C15H22N6O.HI/c1-3-16-14(18-9-15(2)10-22-11-15)17-8-13-20-19-12-6-4-5-7-21(12)13;/h4-7H,3,8-11H2,1-2H3,(H2,16,17,18);1H. The fourth-order valence-electron chi connectivity index (χ4n) is 2.34. The number of rotatable bonds is 5. The molecule has 8 heteroatoms. The van der Waals surface area contributed by atoms with Gasteiger partial charge in [0.05, 0.1) is 13.2 Å². The van der Waals surface area contributed by atoms with Gasteiger partial charge in [-0.25, -0.2) is 4.99 Å². The zero-order valence-electron chi connectivity index (χ0n) is 13.5. The molecule has 1 aliphatic heterocycles. The lowest BCUT2D eigenvalue weighted by Gasteiger charge is -2.38. The minimum Gasteiger partial charge on any atom is -0.380 e. The smallest absolute Gasteiger partial charge is 0.191 e. The van der Waals surface area contributed by atoms with E-state index in [0.717, 1.165) is 43.7 Å². The van der Waals surface area contributed by atoms with E-state index in [0.29, 0.717) is 6.54 Å². The molecule has 3 rings (SSSR count). The first kappa shape index (κ1) is 17.9. The van der Waals surface area contributed by atoms with Gasteiger partial charge in [0.15, 0.2) is 17.4 Å². The van der Waals surface area contributed by atoms with E-state index in [4.69, 9.17) is 4.74 Å². The maximum absolute atomic E-state index is 5.28. The molecule has 0 bridgehead atoms. The van der Waals surface area contributed by atoms with Crippen LogP contribution < -0.4 is 10.6 Å². The first-order chi connectivity index (χ1) is 10.7. The molecule has 1 saturated heterocycles. The molecule has 7 nitrogen and oxygen atoms in total. The highest BCUT2D eigenvalue weighted by Gasteiger charge is 2.33. The SMILES string of the molecule is CCNC(=NCc1nnc2ccccn12)NCC1(C)COC1.I. The number of nitrogens with zero attached hydrogens (tertiary/aromatic N) is 4. The van der Waals surface area contributed by atoms with Crippen LogP contribution in [0.4, 0.5) is 0 Å². The fraction of sp³-hybridized carbons (Fsp3) is 0.533. The fourth-order valence-corrected chi connectivity index (χ4v) is 2.34. The van der Waals surface area contributed by atoms with Gasteiger partial charge in [0.25, 0.3) is 0 Å². The Morgan fingerprint density at radius 3 is 2.87 bits per heavy atom. The number of aromatic nitrogens is 3. The summed E-state index contributed by atoms with van der Waals surface area (Å²) in [7, 11) is 0. The molecule has 1 fully saturated rings. The van der Waals surface area contributed by atoms with Gasteiger partial charge in [0, 0.05) is 24.7 Å². The lowest BCUT2D eigenvalue weighted by molar-refractivity contribution is -0.0971. The predicted octanol–water partition coefficient (Wildman–Crippen LogP) is 1.44. The maximum atomic E-state index is 5.28. The number of nitrogens with one attached hydrogen (secondary N) is 2. The van der Waals surface area contributed by atoms with Crippen LogP contribution >= 0.6 is 24.0 Å². The molecule has 0 unspecified atom stereocenters. The van der Waals surface area contributed by atoms with Crippen molar-refractivity contribution >= 4 is 35.6 Å². The van der Waals surface area contributed by atoms with Crippen molar-refractivity contribution in [2.45, 2.75) is 20.4 Å². The van der Waals surface area contributed by atoms with Crippen molar-refractivity contribution in [2.24, 2.45) is 10.4 Å². The van der Waals surface area contributed by atoms with Gasteiger partial charge in [0.1, 0.15) is 6.54 Å². The topological polar surface area (TPSA) is 75.8 Å². The van der Waals surface area contributed by atoms with Crippen LogP contribution in [0.2, 0.25) is 0 Å².